The number of carbonyl (C=O) groups is 3. The Bertz CT molecular complexity index is 1280. The van der Waals surface area contributed by atoms with Crippen LogP contribution in [0, 0.1) is 0 Å². The zero-order valence-electron chi connectivity index (χ0n) is 18.4. The number of Topliss-reactive ketones (excluding diaryl/α,β-unsaturated/α-hetero) is 1. The molecular weight excluding hydrogens is 426 g/mol. The highest BCUT2D eigenvalue weighted by Gasteiger charge is 2.17. The number of ether oxygens (including phenoxy) is 1. The van der Waals surface area contributed by atoms with Gasteiger partial charge >= 0.3 is 5.97 Å². The lowest BCUT2D eigenvalue weighted by Crippen LogP contribution is -2.19. The summed E-state index contributed by atoms with van der Waals surface area (Å²) in [7, 11) is 0. The first kappa shape index (κ1) is 22.7. The molecule has 4 aromatic carbocycles. The lowest BCUT2D eigenvalue weighted by atomic mass is 10.0. The van der Waals surface area contributed by atoms with Crippen LogP contribution in [0.3, 0.4) is 0 Å². The minimum absolute atomic E-state index is 0.182. The molecule has 0 aliphatic rings. The minimum atomic E-state index is -0.676. The molecule has 0 aliphatic carbocycles. The Kier molecular flexibility index (Phi) is 7.25. The normalized spacial score (nSPS) is 10.4. The summed E-state index contributed by atoms with van der Waals surface area (Å²) in [6, 6.07) is 32.9. The van der Waals surface area contributed by atoms with Gasteiger partial charge in [0.15, 0.2) is 12.4 Å². The summed E-state index contributed by atoms with van der Waals surface area (Å²) in [4.78, 5) is 37.6. The molecule has 4 rings (SSSR count). The van der Waals surface area contributed by atoms with Crippen molar-refractivity contribution in [2.45, 2.75) is 6.42 Å². The fourth-order valence-corrected chi connectivity index (χ4v) is 3.52. The van der Waals surface area contributed by atoms with E-state index >= 15 is 0 Å². The molecule has 168 valence electrons. The van der Waals surface area contributed by atoms with E-state index < -0.39 is 12.6 Å². The van der Waals surface area contributed by atoms with Gasteiger partial charge < -0.3 is 10.1 Å². The molecule has 0 fully saturated rings. The molecule has 1 N–H and O–H groups in total. The predicted octanol–water partition coefficient (Wildman–Crippen LogP) is 5.57. The van der Waals surface area contributed by atoms with Crippen LogP contribution in [-0.4, -0.2) is 24.3 Å². The molecule has 0 aromatic heterocycles. The summed E-state index contributed by atoms with van der Waals surface area (Å²) in [5.41, 5.74) is 3.90. The lowest BCUT2D eigenvalue weighted by molar-refractivity contribution is -0.115. The smallest absolute Gasteiger partial charge is 0.340 e. The number of benzene rings is 4. The third-order valence-corrected chi connectivity index (χ3v) is 5.28. The number of ketones is 1. The molecule has 0 heterocycles. The van der Waals surface area contributed by atoms with Crippen LogP contribution < -0.4 is 5.32 Å². The molecule has 0 bridgehead atoms. The van der Waals surface area contributed by atoms with Crippen LogP contribution in [0.2, 0.25) is 0 Å². The fourth-order valence-electron chi connectivity index (χ4n) is 3.52. The van der Waals surface area contributed by atoms with Gasteiger partial charge in [-0.1, -0.05) is 97.1 Å². The molecule has 4 aromatic rings. The van der Waals surface area contributed by atoms with E-state index in [1.54, 1.807) is 36.4 Å². The van der Waals surface area contributed by atoms with Crippen molar-refractivity contribution >= 4 is 23.3 Å². The first-order valence-electron chi connectivity index (χ1n) is 10.9. The number of hydrogen-bond donors (Lipinski definition) is 1. The maximum absolute atomic E-state index is 12.7. The first-order valence-corrected chi connectivity index (χ1v) is 10.9. The Balaban J connectivity index is 1.36. The van der Waals surface area contributed by atoms with E-state index in [9.17, 15) is 14.4 Å². The zero-order valence-corrected chi connectivity index (χ0v) is 18.4. The molecular formula is C29H23NO4. The molecule has 0 saturated carbocycles. The average Bonchev–Trinajstić information content (AvgIpc) is 2.88. The van der Waals surface area contributed by atoms with Gasteiger partial charge in [-0.25, -0.2) is 4.79 Å². The number of para-hydroxylation sites is 1. The van der Waals surface area contributed by atoms with Crippen molar-refractivity contribution in [2.75, 3.05) is 11.9 Å². The topological polar surface area (TPSA) is 72.5 Å². The number of amides is 1. The number of rotatable bonds is 8. The van der Waals surface area contributed by atoms with Crippen molar-refractivity contribution in [2.24, 2.45) is 0 Å². The Morgan fingerprint density at radius 2 is 1.24 bits per heavy atom. The summed E-state index contributed by atoms with van der Waals surface area (Å²) in [6.45, 7) is -0.393. The van der Waals surface area contributed by atoms with Gasteiger partial charge in [-0.3, -0.25) is 9.59 Å². The van der Waals surface area contributed by atoms with Crippen molar-refractivity contribution < 1.29 is 19.1 Å². The monoisotopic (exact) mass is 449 g/mol. The first-order chi connectivity index (χ1) is 16.6. The Labute approximate surface area is 198 Å². The number of anilines is 1. The maximum atomic E-state index is 12.7. The van der Waals surface area contributed by atoms with E-state index in [4.69, 9.17) is 4.74 Å². The molecule has 0 aliphatic heterocycles. The largest absolute Gasteiger partial charge is 0.454 e. The molecule has 5 nitrogen and oxygen atoms in total. The van der Waals surface area contributed by atoms with Crippen LogP contribution in [0.25, 0.3) is 11.1 Å². The SMILES string of the molecule is O=C(Cc1ccccc1)Nc1ccccc1C(=O)OCC(=O)c1ccc(-c2ccccc2)cc1. The standard InChI is InChI=1S/C29H23NO4/c31-27(24-17-15-23(16-18-24)22-11-5-2-6-12-22)20-34-29(33)25-13-7-8-14-26(25)30-28(32)19-21-9-3-1-4-10-21/h1-18H,19-20H2,(H,30,32). The Morgan fingerprint density at radius 1 is 0.647 bits per heavy atom. The molecule has 1 amide bonds. The van der Waals surface area contributed by atoms with Crippen LogP contribution in [0.15, 0.2) is 109 Å². The number of hydrogen-bond acceptors (Lipinski definition) is 4. The molecule has 5 heteroatoms. The Morgan fingerprint density at radius 3 is 1.94 bits per heavy atom. The summed E-state index contributed by atoms with van der Waals surface area (Å²) in [5, 5.41) is 2.76. The van der Waals surface area contributed by atoms with Gasteiger partial charge in [-0.15, -0.1) is 0 Å². The van der Waals surface area contributed by atoms with Crippen molar-refractivity contribution in [1.82, 2.24) is 0 Å². The Hall–Kier alpha value is -4.51. The second kappa shape index (κ2) is 10.9. The van der Waals surface area contributed by atoms with Gasteiger partial charge in [0.05, 0.1) is 17.7 Å². The van der Waals surface area contributed by atoms with Gasteiger partial charge in [-0.2, -0.15) is 0 Å². The van der Waals surface area contributed by atoms with Crippen molar-refractivity contribution in [1.29, 1.82) is 0 Å². The van der Waals surface area contributed by atoms with E-state index in [1.807, 2.05) is 72.8 Å². The van der Waals surface area contributed by atoms with Crippen molar-refractivity contribution in [3.63, 3.8) is 0 Å². The highest BCUT2D eigenvalue weighted by molar-refractivity contribution is 6.03. The van der Waals surface area contributed by atoms with E-state index in [0.29, 0.717) is 11.3 Å². The van der Waals surface area contributed by atoms with Crippen LogP contribution >= 0.6 is 0 Å². The van der Waals surface area contributed by atoms with Crippen LogP contribution in [0.1, 0.15) is 26.3 Å². The summed E-state index contributed by atoms with van der Waals surface area (Å²) in [5.74, 6) is -1.23. The molecule has 0 atom stereocenters. The predicted molar refractivity (Wildman–Crippen MR) is 132 cm³/mol. The van der Waals surface area contributed by atoms with Crippen LogP contribution in [0.4, 0.5) is 5.69 Å². The number of carbonyl (C=O) groups excluding carboxylic acids is 3. The van der Waals surface area contributed by atoms with Gasteiger partial charge in [-0.05, 0) is 28.8 Å². The summed E-state index contributed by atoms with van der Waals surface area (Å²) >= 11 is 0. The van der Waals surface area contributed by atoms with Crippen LogP contribution in [-0.2, 0) is 16.0 Å². The average molecular weight is 450 g/mol. The fraction of sp³-hybridized carbons (Fsp3) is 0.0690. The van der Waals surface area contributed by atoms with Gasteiger partial charge in [0.2, 0.25) is 5.91 Å². The maximum Gasteiger partial charge on any atom is 0.340 e. The van der Waals surface area contributed by atoms with Crippen molar-refractivity contribution in [3.8, 4) is 11.1 Å². The van der Waals surface area contributed by atoms with E-state index in [1.165, 1.54) is 0 Å². The van der Waals surface area contributed by atoms with Gasteiger partial charge in [0, 0.05) is 5.56 Å². The highest BCUT2D eigenvalue weighted by atomic mass is 16.5. The number of esters is 1. The van der Waals surface area contributed by atoms with E-state index in [0.717, 1.165) is 16.7 Å². The summed E-state index contributed by atoms with van der Waals surface area (Å²) < 4.78 is 5.26. The van der Waals surface area contributed by atoms with E-state index in [-0.39, 0.29) is 23.7 Å². The third-order valence-electron chi connectivity index (χ3n) is 5.28. The van der Waals surface area contributed by atoms with E-state index in [2.05, 4.69) is 5.32 Å². The quantitative estimate of drug-likeness (QED) is 0.282. The molecule has 0 saturated heterocycles. The lowest BCUT2D eigenvalue weighted by Gasteiger charge is -2.11. The summed E-state index contributed by atoms with van der Waals surface area (Å²) in [6.07, 6.45) is 0.182. The van der Waals surface area contributed by atoms with Crippen LogP contribution in [0.5, 0.6) is 0 Å². The molecule has 0 radical (unpaired) electrons. The third kappa shape index (κ3) is 5.84. The molecule has 34 heavy (non-hydrogen) atoms. The van der Waals surface area contributed by atoms with Crippen molar-refractivity contribution in [3.05, 3.63) is 126 Å². The second-order valence-corrected chi connectivity index (χ2v) is 7.70. The highest BCUT2D eigenvalue weighted by Crippen LogP contribution is 2.20. The second-order valence-electron chi connectivity index (χ2n) is 7.70. The number of nitrogens with one attached hydrogen (secondary N) is 1. The van der Waals surface area contributed by atoms with Gasteiger partial charge in [0.25, 0.3) is 0 Å². The zero-order chi connectivity index (χ0) is 23.8. The molecule has 0 unspecified atom stereocenters. The molecule has 0 spiro atoms. The minimum Gasteiger partial charge on any atom is -0.454 e. The van der Waals surface area contributed by atoms with Gasteiger partial charge in [0.1, 0.15) is 0 Å².